The highest BCUT2D eigenvalue weighted by Crippen LogP contribution is 2.25. The quantitative estimate of drug-likeness (QED) is 0.388. The summed E-state index contributed by atoms with van der Waals surface area (Å²) in [6.45, 7) is 3.96. The molecule has 0 N–H and O–H groups in total. The molecule has 0 saturated carbocycles. The van der Waals surface area contributed by atoms with Gasteiger partial charge >= 0.3 is 5.97 Å². The number of benzene rings is 3. The van der Waals surface area contributed by atoms with Crippen molar-refractivity contribution >= 4 is 5.97 Å². The van der Waals surface area contributed by atoms with Crippen LogP contribution in [0.25, 0.3) is 16.9 Å². The van der Waals surface area contributed by atoms with Crippen molar-refractivity contribution in [1.29, 1.82) is 0 Å². The Kier molecular flexibility index (Phi) is 6.13. The third kappa shape index (κ3) is 4.83. The minimum absolute atomic E-state index is 0.117. The summed E-state index contributed by atoms with van der Waals surface area (Å²) in [7, 11) is 0. The van der Waals surface area contributed by atoms with Crippen molar-refractivity contribution < 1.29 is 14.3 Å². The maximum Gasteiger partial charge on any atom is 0.344 e. The van der Waals surface area contributed by atoms with Gasteiger partial charge in [-0.2, -0.15) is 5.10 Å². The van der Waals surface area contributed by atoms with Crippen LogP contribution in [-0.4, -0.2) is 22.4 Å². The van der Waals surface area contributed by atoms with Crippen LogP contribution in [-0.2, 0) is 16.1 Å². The minimum Gasteiger partial charge on any atom is -0.482 e. The Balaban J connectivity index is 1.49. The molecule has 0 unspecified atom stereocenters. The van der Waals surface area contributed by atoms with Crippen LogP contribution in [0.15, 0.2) is 85.1 Å². The number of para-hydroxylation sites is 1. The van der Waals surface area contributed by atoms with Crippen LogP contribution in [0.3, 0.4) is 0 Å². The maximum absolute atomic E-state index is 12.3. The van der Waals surface area contributed by atoms with Gasteiger partial charge in [0, 0.05) is 17.3 Å². The molecular formula is C26H24N2O3. The van der Waals surface area contributed by atoms with Gasteiger partial charge in [0.1, 0.15) is 12.4 Å². The molecule has 0 amide bonds. The zero-order valence-electron chi connectivity index (χ0n) is 17.6. The molecule has 0 radical (unpaired) electrons. The molecule has 4 aromatic rings. The monoisotopic (exact) mass is 412 g/mol. The summed E-state index contributed by atoms with van der Waals surface area (Å²) in [5.74, 6) is 0.270. The van der Waals surface area contributed by atoms with Gasteiger partial charge in [0.05, 0.1) is 11.4 Å². The molecule has 4 rings (SSSR count). The van der Waals surface area contributed by atoms with Gasteiger partial charge in [-0.15, -0.1) is 0 Å². The summed E-state index contributed by atoms with van der Waals surface area (Å²) in [5, 5.41) is 4.74. The van der Waals surface area contributed by atoms with Crippen LogP contribution < -0.4 is 4.74 Å². The van der Waals surface area contributed by atoms with Crippen molar-refractivity contribution in [2.75, 3.05) is 6.61 Å². The number of hydrogen-bond acceptors (Lipinski definition) is 4. The molecule has 0 aliphatic rings. The van der Waals surface area contributed by atoms with Gasteiger partial charge in [-0.05, 0) is 43.2 Å². The average Bonchev–Trinajstić information content (AvgIpc) is 3.24. The largest absolute Gasteiger partial charge is 0.482 e. The van der Waals surface area contributed by atoms with Crippen molar-refractivity contribution in [1.82, 2.24) is 9.78 Å². The maximum atomic E-state index is 12.3. The second-order valence-corrected chi connectivity index (χ2v) is 7.30. The second-order valence-electron chi connectivity index (χ2n) is 7.30. The van der Waals surface area contributed by atoms with E-state index in [1.807, 2.05) is 98.9 Å². The first-order chi connectivity index (χ1) is 15.1. The molecule has 156 valence electrons. The van der Waals surface area contributed by atoms with Gasteiger partial charge in [-0.25, -0.2) is 9.48 Å². The van der Waals surface area contributed by atoms with Crippen molar-refractivity contribution in [3.8, 4) is 22.7 Å². The van der Waals surface area contributed by atoms with Gasteiger partial charge in [-0.1, -0.05) is 60.7 Å². The number of aromatic nitrogens is 2. The predicted octanol–water partition coefficient (Wildman–Crippen LogP) is 5.28. The smallest absolute Gasteiger partial charge is 0.344 e. The third-order valence-corrected chi connectivity index (χ3v) is 5.15. The van der Waals surface area contributed by atoms with E-state index in [-0.39, 0.29) is 13.2 Å². The van der Waals surface area contributed by atoms with E-state index in [1.54, 1.807) is 4.68 Å². The Labute approximate surface area is 181 Å². The summed E-state index contributed by atoms with van der Waals surface area (Å²) < 4.78 is 13.0. The Morgan fingerprint density at radius 1 is 0.903 bits per heavy atom. The van der Waals surface area contributed by atoms with E-state index in [0.717, 1.165) is 33.6 Å². The highest BCUT2D eigenvalue weighted by Gasteiger charge is 2.15. The molecule has 0 spiro atoms. The van der Waals surface area contributed by atoms with E-state index in [2.05, 4.69) is 0 Å². The molecule has 5 nitrogen and oxygen atoms in total. The normalized spacial score (nSPS) is 10.6. The lowest BCUT2D eigenvalue weighted by atomic mass is 10.1. The van der Waals surface area contributed by atoms with Gasteiger partial charge in [0.25, 0.3) is 0 Å². The first kappa shape index (κ1) is 20.4. The molecule has 0 bridgehead atoms. The highest BCUT2D eigenvalue weighted by molar-refractivity contribution is 5.71. The molecular weight excluding hydrogens is 388 g/mol. The highest BCUT2D eigenvalue weighted by atomic mass is 16.6. The second kappa shape index (κ2) is 9.30. The predicted molar refractivity (Wildman–Crippen MR) is 120 cm³/mol. The van der Waals surface area contributed by atoms with Gasteiger partial charge < -0.3 is 9.47 Å². The molecule has 0 aliphatic carbocycles. The fourth-order valence-corrected chi connectivity index (χ4v) is 3.28. The number of carbonyl (C=O) groups excluding carboxylic acids is 1. The topological polar surface area (TPSA) is 53.4 Å². The lowest BCUT2D eigenvalue weighted by molar-refractivity contribution is -0.147. The SMILES string of the molecule is Cc1cccc(OCC(=O)OCc2cn(-c3ccccc3)nc2-c2ccccc2)c1C. The molecule has 1 aromatic heterocycles. The average molecular weight is 412 g/mol. The molecule has 0 fully saturated rings. The van der Waals surface area contributed by atoms with Crippen LogP contribution >= 0.6 is 0 Å². The summed E-state index contributed by atoms with van der Waals surface area (Å²) in [6, 6.07) is 25.5. The van der Waals surface area contributed by atoms with Crippen LogP contribution in [0.1, 0.15) is 16.7 Å². The Bertz CT molecular complexity index is 1170. The number of esters is 1. The first-order valence-corrected chi connectivity index (χ1v) is 10.2. The Morgan fingerprint density at radius 2 is 1.61 bits per heavy atom. The number of hydrogen-bond donors (Lipinski definition) is 0. The molecule has 3 aromatic carbocycles. The number of carbonyl (C=O) groups is 1. The molecule has 5 heteroatoms. The summed E-state index contributed by atoms with van der Waals surface area (Å²) in [6.07, 6.45) is 1.90. The Hall–Kier alpha value is -3.86. The van der Waals surface area contributed by atoms with Gasteiger partial charge in [0.15, 0.2) is 6.61 Å². The fraction of sp³-hybridized carbons (Fsp3) is 0.154. The van der Waals surface area contributed by atoms with Crippen LogP contribution in [0.4, 0.5) is 0 Å². The number of rotatable bonds is 7. The van der Waals surface area contributed by atoms with Crippen LogP contribution in [0.5, 0.6) is 5.75 Å². The van der Waals surface area contributed by atoms with E-state index in [4.69, 9.17) is 14.6 Å². The standard InChI is InChI=1S/C26H24N2O3/c1-19-10-9-15-24(20(19)2)30-18-25(29)31-17-22-16-28(23-13-7-4-8-14-23)27-26(22)21-11-5-3-6-12-21/h3-16H,17-18H2,1-2H3. The van der Waals surface area contributed by atoms with Crippen LogP contribution in [0, 0.1) is 13.8 Å². The van der Waals surface area contributed by atoms with Crippen molar-refractivity contribution in [2.24, 2.45) is 0 Å². The lowest BCUT2D eigenvalue weighted by Gasteiger charge is -2.10. The van der Waals surface area contributed by atoms with E-state index in [0.29, 0.717) is 5.75 Å². The van der Waals surface area contributed by atoms with E-state index < -0.39 is 5.97 Å². The van der Waals surface area contributed by atoms with Gasteiger partial charge in [0.2, 0.25) is 0 Å². The minimum atomic E-state index is -0.424. The van der Waals surface area contributed by atoms with E-state index >= 15 is 0 Å². The molecule has 0 aliphatic heterocycles. The molecule has 31 heavy (non-hydrogen) atoms. The van der Waals surface area contributed by atoms with Crippen molar-refractivity contribution in [2.45, 2.75) is 20.5 Å². The van der Waals surface area contributed by atoms with E-state index in [1.165, 1.54) is 0 Å². The first-order valence-electron chi connectivity index (χ1n) is 10.2. The van der Waals surface area contributed by atoms with Crippen molar-refractivity contribution in [3.63, 3.8) is 0 Å². The zero-order valence-corrected chi connectivity index (χ0v) is 17.6. The number of ether oxygens (including phenoxy) is 2. The number of aryl methyl sites for hydroxylation is 1. The summed E-state index contributed by atoms with van der Waals surface area (Å²) in [5.41, 5.74) is 5.66. The van der Waals surface area contributed by atoms with Crippen molar-refractivity contribution in [3.05, 3.63) is 102 Å². The van der Waals surface area contributed by atoms with Gasteiger partial charge in [-0.3, -0.25) is 0 Å². The summed E-state index contributed by atoms with van der Waals surface area (Å²) in [4.78, 5) is 12.3. The van der Waals surface area contributed by atoms with Crippen LogP contribution in [0.2, 0.25) is 0 Å². The zero-order chi connectivity index (χ0) is 21.6. The molecule has 1 heterocycles. The number of nitrogens with zero attached hydrogens (tertiary/aromatic N) is 2. The molecule has 0 saturated heterocycles. The fourth-order valence-electron chi connectivity index (χ4n) is 3.28. The lowest BCUT2D eigenvalue weighted by Crippen LogP contribution is -2.15. The third-order valence-electron chi connectivity index (χ3n) is 5.15. The summed E-state index contributed by atoms with van der Waals surface area (Å²) >= 11 is 0. The van der Waals surface area contributed by atoms with E-state index in [9.17, 15) is 4.79 Å². The Morgan fingerprint density at radius 3 is 2.35 bits per heavy atom. The molecule has 0 atom stereocenters.